The lowest BCUT2D eigenvalue weighted by atomic mass is 10.4. The Kier molecular flexibility index (Phi) is 7.33. The third kappa shape index (κ3) is 7.89. The molecule has 0 fully saturated rings. The average Bonchev–Trinajstić information content (AvgIpc) is 2.16. The predicted octanol–water partition coefficient (Wildman–Crippen LogP) is 1.73. The summed E-state index contributed by atoms with van der Waals surface area (Å²) < 4.78 is 23.5. The Hall–Kier alpha value is 0.0200. The van der Waals surface area contributed by atoms with Gasteiger partial charge in [-0.3, -0.25) is 0 Å². The van der Waals surface area contributed by atoms with Crippen LogP contribution < -0.4 is 0 Å². The maximum atomic E-state index is 10.8. The van der Waals surface area contributed by atoms with Crippen molar-refractivity contribution in [1.82, 2.24) is 0 Å². The van der Waals surface area contributed by atoms with Gasteiger partial charge < -0.3 is 9.63 Å². The summed E-state index contributed by atoms with van der Waals surface area (Å²) in [6.07, 6.45) is 0. The fourth-order valence-corrected chi connectivity index (χ4v) is 1.75. The van der Waals surface area contributed by atoms with Gasteiger partial charge in [-0.1, -0.05) is 6.58 Å². The van der Waals surface area contributed by atoms with Crippen LogP contribution >= 0.6 is 32.8 Å². The molecule has 0 aromatic carbocycles. The minimum atomic E-state index is -4.09. The Morgan fingerprint density at radius 3 is 2.73 bits per heavy atom. The van der Waals surface area contributed by atoms with E-state index in [1.165, 1.54) is 6.92 Å². The lowest BCUT2D eigenvalue weighted by Gasteiger charge is -2.06. The Morgan fingerprint density at radius 2 is 2.27 bits per heavy atom. The van der Waals surface area contributed by atoms with Crippen LogP contribution in [0.5, 0.6) is 0 Å². The van der Waals surface area contributed by atoms with Gasteiger partial charge in [-0.25, -0.2) is 17.3 Å². The van der Waals surface area contributed by atoms with Crippen LogP contribution in [0.3, 0.4) is 0 Å². The second-order valence-electron chi connectivity index (χ2n) is 2.36. The van der Waals surface area contributed by atoms with Crippen molar-refractivity contribution in [3.05, 3.63) is 12.2 Å². The average molecular weight is 274 g/mol. The van der Waals surface area contributed by atoms with E-state index in [1.807, 2.05) is 0 Å². The van der Waals surface area contributed by atoms with E-state index in [1.54, 1.807) is 0 Å². The molecule has 0 spiro atoms. The number of hydrogen-bond donors (Lipinski definition) is 2. The number of carbonyl (C=O) groups is 1. The van der Waals surface area contributed by atoms with Gasteiger partial charge in [0.1, 0.15) is 6.61 Å². The molecule has 0 aromatic heterocycles. The quantitative estimate of drug-likeness (QED) is 0.183. The molecule has 0 bridgehead atoms. The van der Waals surface area contributed by atoms with Crippen LogP contribution in [0.4, 0.5) is 0 Å². The smallest absolute Gasteiger partial charge is 0.461 e. The van der Waals surface area contributed by atoms with Crippen LogP contribution in [-0.2, 0) is 22.0 Å². The summed E-state index contributed by atoms with van der Waals surface area (Å²) >= 11 is 3.78. The van der Waals surface area contributed by atoms with E-state index in [-0.39, 0.29) is 17.9 Å². The molecule has 88 valence electrons. The molecule has 0 aliphatic rings. The van der Waals surface area contributed by atoms with Crippen molar-refractivity contribution in [1.29, 1.82) is 0 Å². The Labute approximate surface area is 97.4 Å². The van der Waals surface area contributed by atoms with E-state index in [0.717, 1.165) is 0 Å². The van der Waals surface area contributed by atoms with E-state index in [2.05, 4.69) is 32.2 Å². The minimum Gasteiger partial charge on any atom is -0.461 e. The highest BCUT2D eigenvalue weighted by Crippen LogP contribution is 2.47. The molecule has 0 aromatic rings. The van der Waals surface area contributed by atoms with Gasteiger partial charge in [0.05, 0.1) is 5.75 Å². The van der Waals surface area contributed by atoms with Gasteiger partial charge in [-0.05, 0) is 19.8 Å². The Balaban J connectivity index is 3.53. The predicted molar refractivity (Wildman–Crippen MR) is 59.2 cm³/mol. The Bertz CT molecular complexity index is 281. The number of phosphoric acid groups is 1. The molecule has 0 heterocycles. The summed E-state index contributed by atoms with van der Waals surface area (Å²) in [7, 11) is -4.09. The van der Waals surface area contributed by atoms with E-state index in [0.29, 0.717) is 12.0 Å². The monoisotopic (exact) mass is 274 g/mol. The second kappa shape index (κ2) is 7.32. The normalized spacial score (nSPS) is 14.3. The lowest BCUT2D eigenvalue weighted by molar-refractivity contribution is -0.138. The molecule has 0 radical (unpaired) electrons. The zero-order chi connectivity index (χ0) is 11.9. The van der Waals surface area contributed by atoms with E-state index >= 15 is 0 Å². The van der Waals surface area contributed by atoms with Gasteiger partial charge in [-0.2, -0.15) is 0 Å². The molecule has 0 saturated carbocycles. The standard InChI is InChI=1S/C6H11O6PS2/c1-5(2)6(7)10-3-4-15-12-13(8,9)11-14/h14H,1,3-4H2,2H3,(H,8,9). The lowest BCUT2D eigenvalue weighted by Crippen LogP contribution is -2.07. The zero-order valence-electron chi connectivity index (χ0n) is 7.91. The van der Waals surface area contributed by atoms with Crippen molar-refractivity contribution < 1.29 is 26.9 Å². The van der Waals surface area contributed by atoms with Crippen molar-refractivity contribution >= 4 is 38.7 Å². The number of rotatable bonds is 7. The fraction of sp³-hybridized carbons (Fsp3) is 0.500. The molecule has 0 amide bonds. The highest BCUT2D eigenvalue weighted by Gasteiger charge is 2.20. The molecule has 0 saturated heterocycles. The van der Waals surface area contributed by atoms with E-state index in [4.69, 9.17) is 4.89 Å². The van der Waals surface area contributed by atoms with Gasteiger partial charge in [-0.15, -0.1) is 0 Å². The van der Waals surface area contributed by atoms with Crippen LogP contribution in [0.25, 0.3) is 0 Å². The topological polar surface area (TPSA) is 82.1 Å². The molecule has 0 aliphatic heterocycles. The molecule has 9 heteroatoms. The van der Waals surface area contributed by atoms with Crippen LogP contribution in [0.15, 0.2) is 12.2 Å². The van der Waals surface area contributed by atoms with Crippen molar-refractivity contribution in [2.24, 2.45) is 0 Å². The summed E-state index contributed by atoms with van der Waals surface area (Å²) in [4.78, 5) is 19.6. The summed E-state index contributed by atoms with van der Waals surface area (Å²) in [5, 5.41) is 0. The maximum Gasteiger partial charge on any atom is 0.494 e. The first-order chi connectivity index (χ1) is 6.89. The second-order valence-corrected chi connectivity index (χ2v) is 5.19. The maximum absolute atomic E-state index is 10.8. The number of thiol groups is 1. The SMILES string of the molecule is C=C(C)C(=O)OCCSOP(=O)(O)OS. The summed E-state index contributed by atoms with van der Waals surface area (Å²) in [5.74, 6) is -0.325. The number of ether oxygens (including phenoxy) is 1. The van der Waals surface area contributed by atoms with Gasteiger partial charge >= 0.3 is 13.8 Å². The van der Waals surface area contributed by atoms with Crippen LogP contribution in [-0.4, -0.2) is 23.2 Å². The molecule has 0 rings (SSSR count). The van der Waals surface area contributed by atoms with Crippen LogP contribution in [0, 0.1) is 0 Å². The van der Waals surface area contributed by atoms with Gasteiger partial charge in [0.25, 0.3) is 0 Å². The van der Waals surface area contributed by atoms with E-state index < -0.39 is 13.8 Å². The first-order valence-electron chi connectivity index (χ1n) is 3.69. The van der Waals surface area contributed by atoms with Crippen LogP contribution in [0.2, 0.25) is 0 Å². The fourth-order valence-electron chi connectivity index (χ4n) is 0.409. The van der Waals surface area contributed by atoms with Crippen molar-refractivity contribution in [3.63, 3.8) is 0 Å². The molecule has 1 unspecified atom stereocenters. The summed E-state index contributed by atoms with van der Waals surface area (Å²) in [6.45, 7) is 4.94. The van der Waals surface area contributed by atoms with Crippen molar-refractivity contribution in [3.8, 4) is 0 Å². The molecule has 15 heavy (non-hydrogen) atoms. The molecular formula is C6H11O6PS2. The van der Waals surface area contributed by atoms with Gasteiger partial charge in [0.2, 0.25) is 0 Å². The van der Waals surface area contributed by atoms with Gasteiger partial charge in [0, 0.05) is 17.6 Å². The highest BCUT2D eigenvalue weighted by molar-refractivity contribution is 7.98. The van der Waals surface area contributed by atoms with Crippen molar-refractivity contribution in [2.45, 2.75) is 6.92 Å². The van der Waals surface area contributed by atoms with Crippen LogP contribution in [0.1, 0.15) is 6.92 Å². The largest absolute Gasteiger partial charge is 0.494 e. The summed E-state index contributed by atoms with van der Waals surface area (Å²) in [6, 6.07) is 0. The first-order valence-corrected chi connectivity index (χ1v) is 6.46. The van der Waals surface area contributed by atoms with Crippen molar-refractivity contribution in [2.75, 3.05) is 12.4 Å². The number of carbonyl (C=O) groups excluding carboxylic acids is 1. The van der Waals surface area contributed by atoms with E-state index in [9.17, 15) is 9.36 Å². The first kappa shape index (κ1) is 15.0. The number of esters is 1. The Morgan fingerprint density at radius 1 is 1.67 bits per heavy atom. The molecular weight excluding hydrogens is 263 g/mol. The zero-order valence-corrected chi connectivity index (χ0v) is 10.5. The molecule has 6 nitrogen and oxygen atoms in total. The molecule has 1 atom stereocenters. The summed E-state index contributed by atoms with van der Waals surface area (Å²) in [5.41, 5.74) is 0.285. The number of hydrogen-bond acceptors (Lipinski definition) is 7. The molecule has 0 aliphatic carbocycles. The molecule has 1 N–H and O–H groups in total. The minimum absolute atomic E-state index is 0.0446. The third-order valence-electron chi connectivity index (χ3n) is 0.998. The highest BCUT2D eigenvalue weighted by atomic mass is 32.2. The third-order valence-corrected chi connectivity index (χ3v) is 3.33. The van der Waals surface area contributed by atoms with Gasteiger partial charge in [0.15, 0.2) is 0 Å².